The topological polar surface area (TPSA) is 84.0 Å². The van der Waals surface area contributed by atoms with Gasteiger partial charge in [-0.2, -0.15) is 4.31 Å². The molecule has 1 aromatic carbocycles. The Hall–Kier alpha value is -2.23. The van der Waals surface area contributed by atoms with Crippen LogP contribution in [0.25, 0.3) is 0 Å². The zero-order chi connectivity index (χ0) is 21.9. The molecule has 0 radical (unpaired) electrons. The maximum Gasteiger partial charge on any atom is 0.243 e. The number of carbonyl (C=O) groups excluding carboxylic acids is 2. The Balaban J connectivity index is 1.53. The molecule has 0 atom stereocenters. The Bertz CT molecular complexity index is 1020. The highest BCUT2D eigenvalue weighted by atomic mass is 32.2. The van der Waals surface area contributed by atoms with Crippen molar-refractivity contribution in [2.24, 2.45) is 0 Å². The molecule has 30 heavy (non-hydrogen) atoms. The number of nitrogens with zero attached hydrogens (tertiary/aromatic N) is 2. The number of rotatable bonds is 7. The number of ether oxygens (including phenoxy) is 1. The van der Waals surface area contributed by atoms with Crippen molar-refractivity contribution in [3.05, 3.63) is 45.6 Å². The van der Waals surface area contributed by atoms with Crippen molar-refractivity contribution in [1.82, 2.24) is 9.21 Å². The van der Waals surface area contributed by atoms with E-state index in [0.717, 1.165) is 9.75 Å². The van der Waals surface area contributed by atoms with Gasteiger partial charge in [0.25, 0.3) is 0 Å². The highest BCUT2D eigenvalue weighted by Gasteiger charge is 2.30. The molecule has 7 nitrogen and oxygen atoms in total. The van der Waals surface area contributed by atoms with Crippen LogP contribution in [-0.4, -0.2) is 62.6 Å². The predicted octanol–water partition coefficient (Wildman–Crippen LogP) is 2.87. The smallest absolute Gasteiger partial charge is 0.243 e. The molecule has 2 aromatic rings. The van der Waals surface area contributed by atoms with Gasteiger partial charge in [0.1, 0.15) is 5.75 Å². The fourth-order valence-electron chi connectivity index (χ4n) is 3.50. The summed E-state index contributed by atoms with van der Waals surface area (Å²) in [6, 6.07) is 8.13. The summed E-state index contributed by atoms with van der Waals surface area (Å²) in [6.07, 6.45) is 0.304. The van der Waals surface area contributed by atoms with Crippen LogP contribution in [0.2, 0.25) is 0 Å². The minimum Gasteiger partial charge on any atom is -0.497 e. The molecule has 1 amide bonds. The van der Waals surface area contributed by atoms with Gasteiger partial charge in [0.15, 0.2) is 5.78 Å². The molecule has 1 fully saturated rings. The second kappa shape index (κ2) is 9.28. The van der Waals surface area contributed by atoms with Gasteiger partial charge in [-0.3, -0.25) is 9.59 Å². The molecule has 1 aliphatic rings. The van der Waals surface area contributed by atoms with E-state index in [1.54, 1.807) is 28.4 Å². The Kier molecular flexibility index (Phi) is 6.95. The second-order valence-corrected chi connectivity index (χ2v) is 10.6. The Morgan fingerprint density at radius 2 is 1.67 bits per heavy atom. The lowest BCUT2D eigenvalue weighted by Crippen LogP contribution is -2.50. The minimum atomic E-state index is -3.61. The number of amides is 1. The van der Waals surface area contributed by atoms with E-state index in [-0.39, 0.29) is 42.5 Å². The van der Waals surface area contributed by atoms with E-state index in [1.165, 1.54) is 23.5 Å². The van der Waals surface area contributed by atoms with Gasteiger partial charge in [-0.1, -0.05) is 0 Å². The van der Waals surface area contributed by atoms with Crippen LogP contribution in [0, 0.1) is 13.8 Å². The van der Waals surface area contributed by atoms with Crippen LogP contribution in [0.15, 0.2) is 35.2 Å². The Morgan fingerprint density at radius 3 is 2.20 bits per heavy atom. The zero-order valence-corrected chi connectivity index (χ0v) is 19.0. The number of aryl methyl sites for hydroxylation is 2. The Labute approximate surface area is 181 Å². The summed E-state index contributed by atoms with van der Waals surface area (Å²) < 4.78 is 32.1. The molecule has 2 heterocycles. The molecule has 9 heteroatoms. The van der Waals surface area contributed by atoms with E-state index < -0.39 is 10.0 Å². The average molecular weight is 451 g/mol. The summed E-state index contributed by atoms with van der Waals surface area (Å²) in [6.45, 7) is 4.97. The van der Waals surface area contributed by atoms with Crippen molar-refractivity contribution in [1.29, 1.82) is 0 Å². The average Bonchev–Trinajstić information content (AvgIpc) is 3.09. The van der Waals surface area contributed by atoms with Crippen LogP contribution in [0.5, 0.6) is 5.75 Å². The molecular formula is C21H26N2O5S2. The van der Waals surface area contributed by atoms with Crippen molar-refractivity contribution in [2.75, 3.05) is 33.3 Å². The largest absolute Gasteiger partial charge is 0.497 e. The second-order valence-electron chi connectivity index (χ2n) is 7.21. The summed E-state index contributed by atoms with van der Waals surface area (Å²) in [5.74, 6) is 0.451. The first kappa shape index (κ1) is 22.5. The quantitative estimate of drug-likeness (QED) is 0.606. The van der Waals surface area contributed by atoms with Crippen LogP contribution >= 0.6 is 11.3 Å². The third-order valence-corrected chi connectivity index (χ3v) is 8.07. The molecule has 0 unspecified atom stereocenters. The molecule has 1 aromatic heterocycles. The lowest BCUT2D eigenvalue weighted by Gasteiger charge is -2.34. The summed E-state index contributed by atoms with van der Waals surface area (Å²) in [5.41, 5.74) is 0.695. The van der Waals surface area contributed by atoms with E-state index in [9.17, 15) is 18.0 Å². The number of piperazine rings is 1. The maximum absolute atomic E-state index is 12.8. The molecule has 0 bridgehead atoms. The molecule has 3 rings (SSSR count). The van der Waals surface area contributed by atoms with Crippen LogP contribution in [0.3, 0.4) is 0 Å². The highest BCUT2D eigenvalue weighted by Crippen LogP contribution is 2.23. The zero-order valence-electron chi connectivity index (χ0n) is 17.4. The van der Waals surface area contributed by atoms with E-state index in [4.69, 9.17) is 4.74 Å². The minimum absolute atomic E-state index is 0.0223. The lowest BCUT2D eigenvalue weighted by molar-refractivity contribution is -0.132. The van der Waals surface area contributed by atoms with Crippen LogP contribution < -0.4 is 4.74 Å². The van der Waals surface area contributed by atoms with E-state index in [1.807, 2.05) is 19.9 Å². The molecule has 0 N–H and O–H groups in total. The van der Waals surface area contributed by atoms with Crippen molar-refractivity contribution < 1.29 is 22.7 Å². The van der Waals surface area contributed by atoms with E-state index in [0.29, 0.717) is 24.4 Å². The normalized spacial score (nSPS) is 15.2. The van der Waals surface area contributed by atoms with Crippen LogP contribution in [0.4, 0.5) is 0 Å². The fourth-order valence-corrected chi connectivity index (χ4v) is 5.86. The van der Waals surface area contributed by atoms with Gasteiger partial charge in [-0.05, 0) is 44.2 Å². The predicted molar refractivity (Wildman–Crippen MR) is 116 cm³/mol. The first-order chi connectivity index (χ1) is 14.2. The SMILES string of the molecule is COc1ccc(S(=O)(=O)N2CCN(C(=O)CCC(=O)c3cc(C)sc3C)CC2)cc1. The third-order valence-electron chi connectivity index (χ3n) is 5.20. The number of methoxy groups -OCH3 is 1. The molecule has 0 saturated carbocycles. The van der Waals surface area contributed by atoms with Crippen LogP contribution in [0.1, 0.15) is 33.0 Å². The summed E-state index contributed by atoms with van der Waals surface area (Å²) in [4.78, 5) is 28.8. The third kappa shape index (κ3) is 4.91. The number of benzene rings is 1. The number of hydrogen-bond acceptors (Lipinski definition) is 6. The molecular weight excluding hydrogens is 424 g/mol. The molecule has 1 saturated heterocycles. The Morgan fingerprint density at radius 1 is 1.03 bits per heavy atom. The van der Waals surface area contributed by atoms with Crippen molar-refractivity contribution >= 4 is 33.1 Å². The number of sulfonamides is 1. The highest BCUT2D eigenvalue weighted by molar-refractivity contribution is 7.89. The number of carbonyl (C=O) groups is 2. The molecule has 162 valence electrons. The van der Waals surface area contributed by atoms with Gasteiger partial charge >= 0.3 is 0 Å². The first-order valence-electron chi connectivity index (χ1n) is 9.74. The van der Waals surface area contributed by atoms with E-state index >= 15 is 0 Å². The van der Waals surface area contributed by atoms with Gasteiger partial charge in [0.2, 0.25) is 15.9 Å². The lowest BCUT2D eigenvalue weighted by atomic mass is 10.1. The maximum atomic E-state index is 12.8. The summed E-state index contributed by atoms with van der Waals surface area (Å²) in [5, 5.41) is 0. The fraction of sp³-hybridized carbons (Fsp3) is 0.429. The molecule has 0 aliphatic carbocycles. The van der Waals surface area contributed by atoms with Crippen molar-refractivity contribution in [3.63, 3.8) is 0 Å². The molecule has 1 aliphatic heterocycles. The number of thiophene rings is 1. The number of hydrogen-bond donors (Lipinski definition) is 0. The van der Waals surface area contributed by atoms with Gasteiger partial charge in [-0.25, -0.2) is 8.42 Å². The first-order valence-corrected chi connectivity index (χ1v) is 12.0. The van der Waals surface area contributed by atoms with Gasteiger partial charge in [0.05, 0.1) is 12.0 Å². The van der Waals surface area contributed by atoms with Crippen molar-refractivity contribution in [2.45, 2.75) is 31.6 Å². The van der Waals surface area contributed by atoms with Crippen LogP contribution in [-0.2, 0) is 14.8 Å². The van der Waals surface area contributed by atoms with Gasteiger partial charge < -0.3 is 9.64 Å². The van der Waals surface area contributed by atoms with Gasteiger partial charge in [-0.15, -0.1) is 11.3 Å². The standard InChI is InChI=1S/C21H26N2O5S2/c1-15-14-19(16(2)29-15)20(24)8-9-21(25)22-10-12-23(13-11-22)30(26,27)18-6-4-17(28-3)5-7-18/h4-7,14H,8-13H2,1-3H3. The summed E-state index contributed by atoms with van der Waals surface area (Å²) in [7, 11) is -2.09. The van der Waals surface area contributed by atoms with Gasteiger partial charge in [0, 0.05) is 54.3 Å². The molecule has 0 spiro atoms. The van der Waals surface area contributed by atoms with E-state index in [2.05, 4.69) is 0 Å². The monoisotopic (exact) mass is 450 g/mol. The van der Waals surface area contributed by atoms with Crippen molar-refractivity contribution in [3.8, 4) is 5.75 Å². The number of ketones is 1. The summed E-state index contributed by atoms with van der Waals surface area (Å²) >= 11 is 1.58. The number of Topliss-reactive ketones (excluding diaryl/α,β-unsaturated/α-hetero) is 1.